The molecule has 1 aromatic rings. The second-order valence-electron chi connectivity index (χ2n) is 6.44. The smallest absolute Gasteiger partial charge is 0.123 e. The Balaban J connectivity index is 1.58. The van der Waals surface area contributed by atoms with Gasteiger partial charge in [0.15, 0.2) is 0 Å². The highest BCUT2D eigenvalue weighted by Gasteiger charge is 2.45. The lowest BCUT2D eigenvalue weighted by atomic mass is 9.95. The zero-order valence-electron chi connectivity index (χ0n) is 11.7. The van der Waals surface area contributed by atoms with Crippen LogP contribution in [0.2, 0.25) is 0 Å². The largest absolute Gasteiger partial charge is 0.490 e. The predicted octanol–water partition coefficient (Wildman–Crippen LogP) is 3.30. The summed E-state index contributed by atoms with van der Waals surface area (Å²) in [7, 11) is 0. The third kappa shape index (κ3) is 2.92. The summed E-state index contributed by atoms with van der Waals surface area (Å²) in [4.78, 5) is 0. The van der Waals surface area contributed by atoms with E-state index in [1.807, 2.05) is 0 Å². The molecule has 2 nitrogen and oxygen atoms in total. The van der Waals surface area contributed by atoms with E-state index in [-0.39, 0.29) is 11.9 Å². The summed E-state index contributed by atoms with van der Waals surface area (Å²) in [6.45, 7) is 5.44. The van der Waals surface area contributed by atoms with Gasteiger partial charge in [-0.25, -0.2) is 4.39 Å². The van der Waals surface area contributed by atoms with Crippen LogP contribution in [-0.2, 0) is 6.42 Å². The van der Waals surface area contributed by atoms with Crippen molar-refractivity contribution >= 4 is 0 Å². The molecule has 0 amide bonds. The standard InChI is InChI=1S/C16H22FNO/c1-11(2)18-10-16(5-6-16)9-14-8-12-7-13(17)3-4-15(12)19-14/h3-4,7,11,14,18H,5-6,8-10H2,1-2H3. The first kappa shape index (κ1) is 12.9. The van der Waals surface area contributed by atoms with Gasteiger partial charge < -0.3 is 10.1 Å². The maximum atomic E-state index is 13.2. The predicted molar refractivity (Wildman–Crippen MR) is 73.9 cm³/mol. The normalized spacial score (nSPS) is 23.3. The Kier molecular flexibility index (Phi) is 3.25. The number of nitrogens with one attached hydrogen (secondary N) is 1. The van der Waals surface area contributed by atoms with Gasteiger partial charge in [-0.2, -0.15) is 0 Å². The molecule has 0 saturated heterocycles. The van der Waals surface area contributed by atoms with Crippen molar-refractivity contribution in [3.8, 4) is 5.75 Å². The van der Waals surface area contributed by atoms with Gasteiger partial charge in [0.05, 0.1) is 0 Å². The maximum absolute atomic E-state index is 13.2. The molecule has 2 aliphatic rings. The molecule has 1 atom stereocenters. The van der Waals surface area contributed by atoms with Crippen LogP contribution in [0.15, 0.2) is 18.2 Å². The highest BCUT2D eigenvalue weighted by molar-refractivity contribution is 5.38. The molecule has 0 bridgehead atoms. The second kappa shape index (κ2) is 4.78. The lowest BCUT2D eigenvalue weighted by Gasteiger charge is -2.21. The van der Waals surface area contributed by atoms with Crippen LogP contribution in [0.4, 0.5) is 4.39 Å². The van der Waals surface area contributed by atoms with Crippen LogP contribution in [0.5, 0.6) is 5.75 Å². The summed E-state index contributed by atoms with van der Waals surface area (Å²) in [6.07, 6.45) is 4.75. The highest BCUT2D eigenvalue weighted by atomic mass is 19.1. The summed E-state index contributed by atoms with van der Waals surface area (Å²) >= 11 is 0. The highest BCUT2D eigenvalue weighted by Crippen LogP contribution is 2.50. The van der Waals surface area contributed by atoms with E-state index in [4.69, 9.17) is 4.74 Å². The van der Waals surface area contributed by atoms with Crippen molar-refractivity contribution in [1.29, 1.82) is 0 Å². The monoisotopic (exact) mass is 263 g/mol. The van der Waals surface area contributed by atoms with Crippen molar-refractivity contribution in [2.75, 3.05) is 6.54 Å². The van der Waals surface area contributed by atoms with Crippen molar-refractivity contribution < 1.29 is 9.13 Å². The van der Waals surface area contributed by atoms with Gasteiger partial charge in [0.2, 0.25) is 0 Å². The van der Waals surface area contributed by atoms with Crippen LogP contribution in [0, 0.1) is 11.2 Å². The van der Waals surface area contributed by atoms with Crippen molar-refractivity contribution in [2.45, 2.75) is 51.7 Å². The number of fused-ring (bicyclic) bond motifs is 1. The summed E-state index contributed by atoms with van der Waals surface area (Å²) < 4.78 is 19.1. The summed E-state index contributed by atoms with van der Waals surface area (Å²) in [6, 6.07) is 5.39. The van der Waals surface area contributed by atoms with E-state index < -0.39 is 0 Å². The first-order valence-electron chi connectivity index (χ1n) is 7.25. The first-order chi connectivity index (χ1) is 9.06. The molecule has 1 unspecified atom stereocenters. The Bertz CT molecular complexity index is 468. The minimum Gasteiger partial charge on any atom is -0.490 e. The molecule has 104 valence electrons. The van der Waals surface area contributed by atoms with Gasteiger partial charge in [-0.1, -0.05) is 13.8 Å². The number of ether oxygens (including phenoxy) is 1. The molecular formula is C16H22FNO. The van der Waals surface area contributed by atoms with Crippen molar-refractivity contribution in [3.63, 3.8) is 0 Å². The maximum Gasteiger partial charge on any atom is 0.123 e. The van der Waals surface area contributed by atoms with E-state index in [9.17, 15) is 4.39 Å². The van der Waals surface area contributed by atoms with E-state index in [0.717, 1.165) is 30.7 Å². The molecule has 1 saturated carbocycles. The number of hydrogen-bond acceptors (Lipinski definition) is 2. The third-order valence-corrected chi connectivity index (χ3v) is 4.27. The molecule has 0 radical (unpaired) electrons. The molecule has 3 rings (SSSR count). The average Bonchev–Trinajstić information content (AvgIpc) is 2.99. The van der Waals surface area contributed by atoms with Crippen LogP contribution in [0.1, 0.15) is 38.7 Å². The molecule has 19 heavy (non-hydrogen) atoms. The number of halogens is 1. The SMILES string of the molecule is CC(C)NCC1(CC2Cc3cc(F)ccc3O2)CC1. The zero-order chi connectivity index (χ0) is 13.5. The molecule has 1 aliphatic carbocycles. The molecule has 1 N–H and O–H groups in total. The Labute approximate surface area is 114 Å². The zero-order valence-corrected chi connectivity index (χ0v) is 11.7. The first-order valence-corrected chi connectivity index (χ1v) is 7.25. The second-order valence-corrected chi connectivity index (χ2v) is 6.44. The van der Waals surface area contributed by atoms with Gasteiger partial charge in [-0.05, 0) is 42.9 Å². The number of rotatable bonds is 5. The van der Waals surface area contributed by atoms with Gasteiger partial charge in [-0.3, -0.25) is 0 Å². The minimum atomic E-state index is -0.161. The topological polar surface area (TPSA) is 21.3 Å². The molecule has 1 heterocycles. The van der Waals surface area contributed by atoms with Crippen LogP contribution in [0.25, 0.3) is 0 Å². The van der Waals surface area contributed by atoms with Gasteiger partial charge in [-0.15, -0.1) is 0 Å². The van der Waals surface area contributed by atoms with Crippen LogP contribution in [-0.4, -0.2) is 18.7 Å². The van der Waals surface area contributed by atoms with Gasteiger partial charge >= 0.3 is 0 Å². The number of hydrogen-bond donors (Lipinski definition) is 1. The van der Waals surface area contributed by atoms with E-state index in [0.29, 0.717) is 11.5 Å². The molecule has 1 fully saturated rings. The summed E-state index contributed by atoms with van der Waals surface area (Å²) in [5.41, 5.74) is 1.45. The number of benzene rings is 1. The van der Waals surface area contributed by atoms with Crippen molar-refractivity contribution in [1.82, 2.24) is 5.32 Å². The van der Waals surface area contributed by atoms with Crippen molar-refractivity contribution in [3.05, 3.63) is 29.6 Å². The van der Waals surface area contributed by atoms with Crippen molar-refractivity contribution in [2.24, 2.45) is 5.41 Å². The van der Waals surface area contributed by atoms with Gasteiger partial charge in [0.25, 0.3) is 0 Å². The molecule has 1 aromatic carbocycles. The minimum absolute atomic E-state index is 0.161. The molecule has 0 spiro atoms. The van der Waals surface area contributed by atoms with E-state index >= 15 is 0 Å². The van der Waals surface area contributed by atoms with Crippen LogP contribution < -0.4 is 10.1 Å². The van der Waals surface area contributed by atoms with Crippen LogP contribution in [0.3, 0.4) is 0 Å². The lowest BCUT2D eigenvalue weighted by molar-refractivity contribution is 0.183. The third-order valence-electron chi connectivity index (χ3n) is 4.27. The summed E-state index contributed by atoms with van der Waals surface area (Å²) in [5.74, 6) is 0.713. The Morgan fingerprint density at radius 3 is 2.89 bits per heavy atom. The van der Waals surface area contributed by atoms with Gasteiger partial charge in [0, 0.05) is 24.6 Å². The average molecular weight is 263 g/mol. The summed E-state index contributed by atoms with van der Waals surface area (Å²) in [5, 5.41) is 3.54. The Morgan fingerprint density at radius 2 is 2.21 bits per heavy atom. The molecule has 0 aromatic heterocycles. The Morgan fingerprint density at radius 1 is 1.42 bits per heavy atom. The van der Waals surface area contributed by atoms with E-state index in [1.54, 1.807) is 12.1 Å². The van der Waals surface area contributed by atoms with E-state index in [2.05, 4.69) is 19.2 Å². The van der Waals surface area contributed by atoms with Gasteiger partial charge in [0.1, 0.15) is 17.7 Å². The fraction of sp³-hybridized carbons (Fsp3) is 0.625. The fourth-order valence-electron chi connectivity index (χ4n) is 2.94. The van der Waals surface area contributed by atoms with Crippen LogP contribution >= 0.6 is 0 Å². The Hall–Kier alpha value is -1.09. The fourth-order valence-corrected chi connectivity index (χ4v) is 2.94. The lowest BCUT2D eigenvalue weighted by Crippen LogP contribution is -2.32. The quantitative estimate of drug-likeness (QED) is 0.880. The molecule has 3 heteroatoms. The van der Waals surface area contributed by atoms with E-state index in [1.165, 1.54) is 18.9 Å². The molecular weight excluding hydrogens is 241 g/mol. The molecule has 1 aliphatic heterocycles.